The van der Waals surface area contributed by atoms with E-state index < -0.39 is 45.8 Å². The van der Waals surface area contributed by atoms with Gasteiger partial charge in [0, 0.05) is 12.8 Å². The Labute approximate surface area is 123 Å². The molecule has 122 valence electrons. The molecular formula is C12H20O8S. The van der Waals surface area contributed by atoms with Gasteiger partial charge >= 0.3 is 5.97 Å². The molecule has 8 nitrogen and oxygen atoms in total. The van der Waals surface area contributed by atoms with E-state index in [2.05, 4.69) is 4.74 Å². The van der Waals surface area contributed by atoms with E-state index >= 15 is 0 Å². The number of aliphatic hydroxyl groups is 1. The predicted octanol–water partition coefficient (Wildman–Crippen LogP) is -0.451. The van der Waals surface area contributed by atoms with Crippen LogP contribution in [0, 0.1) is 0 Å². The van der Waals surface area contributed by atoms with E-state index in [9.17, 15) is 18.3 Å². The molecule has 0 amide bonds. The van der Waals surface area contributed by atoms with Crippen molar-refractivity contribution in [3.05, 3.63) is 0 Å². The highest BCUT2D eigenvalue weighted by atomic mass is 32.2. The Hall–Kier alpha value is -0.740. The molecule has 2 rings (SSSR count). The molecule has 0 unspecified atom stereocenters. The van der Waals surface area contributed by atoms with Crippen molar-refractivity contribution in [2.45, 2.75) is 56.4 Å². The maximum atomic E-state index is 11.8. The second-order valence-corrected chi connectivity index (χ2v) is 7.51. The molecule has 1 N–H and O–H groups in total. The van der Waals surface area contributed by atoms with Gasteiger partial charge in [0.25, 0.3) is 10.1 Å². The number of esters is 1. The third kappa shape index (κ3) is 3.54. The lowest BCUT2D eigenvalue weighted by Crippen LogP contribution is -2.56. The van der Waals surface area contributed by atoms with Gasteiger partial charge in [-0.1, -0.05) is 0 Å². The molecule has 0 spiro atoms. The average molecular weight is 324 g/mol. The molecule has 1 heterocycles. The smallest absolute Gasteiger partial charge is 0.338 e. The van der Waals surface area contributed by atoms with Crippen LogP contribution in [0.15, 0.2) is 0 Å². The minimum absolute atomic E-state index is 0.0443. The molecule has 0 bridgehead atoms. The number of carbonyl (C=O) groups is 1. The van der Waals surface area contributed by atoms with Crippen LogP contribution in [0.25, 0.3) is 0 Å². The highest BCUT2D eigenvalue weighted by molar-refractivity contribution is 7.86. The van der Waals surface area contributed by atoms with E-state index in [0.717, 1.165) is 13.4 Å². The summed E-state index contributed by atoms with van der Waals surface area (Å²) in [4.78, 5) is 11.8. The van der Waals surface area contributed by atoms with E-state index in [-0.39, 0.29) is 12.8 Å². The number of ether oxygens (including phenoxy) is 3. The van der Waals surface area contributed by atoms with Crippen LogP contribution in [0.4, 0.5) is 0 Å². The first kappa shape index (κ1) is 16.6. The van der Waals surface area contributed by atoms with Gasteiger partial charge in [0.05, 0.1) is 19.5 Å². The molecule has 21 heavy (non-hydrogen) atoms. The van der Waals surface area contributed by atoms with Crippen molar-refractivity contribution in [3.8, 4) is 0 Å². The SMILES string of the molecule is COC(=O)[C@]1(O)C[C@H]2OC(C)(C)O[C@H]2[C@H](OS(C)(=O)=O)C1. The Balaban J connectivity index is 2.30. The Kier molecular flexibility index (Phi) is 4.09. The molecule has 2 aliphatic rings. The molecule has 1 saturated carbocycles. The first-order valence-corrected chi connectivity index (χ1v) is 8.32. The lowest BCUT2D eigenvalue weighted by Gasteiger charge is -2.39. The molecule has 0 aromatic carbocycles. The van der Waals surface area contributed by atoms with Gasteiger partial charge in [-0.05, 0) is 13.8 Å². The second-order valence-electron chi connectivity index (χ2n) is 5.91. The van der Waals surface area contributed by atoms with Crippen molar-refractivity contribution in [1.82, 2.24) is 0 Å². The quantitative estimate of drug-likeness (QED) is 0.549. The average Bonchev–Trinajstić information content (AvgIpc) is 2.60. The van der Waals surface area contributed by atoms with E-state index in [0.29, 0.717) is 0 Å². The highest BCUT2D eigenvalue weighted by Crippen LogP contribution is 2.42. The fourth-order valence-electron chi connectivity index (χ4n) is 2.87. The number of hydrogen-bond donors (Lipinski definition) is 1. The first-order chi connectivity index (χ1) is 9.46. The van der Waals surface area contributed by atoms with Crippen LogP contribution in [-0.2, 0) is 33.3 Å². The summed E-state index contributed by atoms with van der Waals surface area (Å²) in [6.07, 6.45) is -1.76. The van der Waals surface area contributed by atoms with E-state index in [4.69, 9.17) is 13.7 Å². The van der Waals surface area contributed by atoms with E-state index in [1.807, 2.05) is 0 Å². The molecule has 0 aromatic rings. The fourth-order valence-corrected chi connectivity index (χ4v) is 3.50. The standard InChI is InChI=1S/C12H20O8S/c1-11(2)18-7-5-12(14,10(13)17-3)6-8(9(7)19-11)20-21(4,15)16/h7-9,14H,5-6H2,1-4H3/t7-,8-,9-,12+/m1/s1. The van der Waals surface area contributed by atoms with Gasteiger partial charge in [0.15, 0.2) is 11.4 Å². The Morgan fingerprint density at radius 2 is 1.90 bits per heavy atom. The van der Waals surface area contributed by atoms with Gasteiger partial charge in [-0.2, -0.15) is 8.42 Å². The lowest BCUT2D eigenvalue weighted by atomic mass is 9.80. The molecule has 0 aromatic heterocycles. The summed E-state index contributed by atoms with van der Waals surface area (Å²) in [6, 6.07) is 0. The molecule has 9 heteroatoms. The largest absolute Gasteiger partial charge is 0.467 e. The third-order valence-corrected chi connectivity index (χ3v) is 4.13. The summed E-state index contributed by atoms with van der Waals surface area (Å²) in [5, 5.41) is 10.4. The second kappa shape index (κ2) is 5.17. The molecule has 4 atom stereocenters. The highest BCUT2D eigenvalue weighted by Gasteiger charge is 2.57. The molecule has 1 aliphatic carbocycles. The minimum Gasteiger partial charge on any atom is -0.467 e. The van der Waals surface area contributed by atoms with Gasteiger partial charge in [-0.25, -0.2) is 4.79 Å². The van der Waals surface area contributed by atoms with Gasteiger partial charge in [-0.15, -0.1) is 0 Å². The Bertz CT molecular complexity index is 527. The number of carbonyl (C=O) groups excluding carboxylic acids is 1. The summed E-state index contributed by atoms with van der Waals surface area (Å²) in [5.74, 6) is -1.80. The van der Waals surface area contributed by atoms with Crippen LogP contribution in [0.2, 0.25) is 0 Å². The van der Waals surface area contributed by atoms with Crippen LogP contribution in [-0.4, -0.2) is 62.6 Å². The topological polar surface area (TPSA) is 108 Å². The van der Waals surface area contributed by atoms with Gasteiger partial charge in [0.2, 0.25) is 0 Å². The number of methoxy groups -OCH3 is 1. The van der Waals surface area contributed by atoms with Crippen LogP contribution in [0.3, 0.4) is 0 Å². The van der Waals surface area contributed by atoms with Gasteiger partial charge in [0.1, 0.15) is 12.2 Å². The van der Waals surface area contributed by atoms with Crippen molar-refractivity contribution in [3.63, 3.8) is 0 Å². The van der Waals surface area contributed by atoms with Crippen molar-refractivity contribution >= 4 is 16.1 Å². The van der Waals surface area contributed by atoms with Crippen LogP contribution < -0.4 is 0 Å². The molecule has 1 aliphatic heterocycles. The van der Waals surface area contributed by atoms with E-state index in [1.165, 1.54) is 0 Å². The Morgan fingerprint density at radius 3 is 2.43 bits per heavy atom. The predicted molar refractivity (Wildman–Crippen MR) is 69.7 cm³/mol. The van der Waals surface area contributed by atoms with Crippen LogP contribution in [0.1, 0.15) is 26.7 Å². The summed E-state index contributed by atoms with van der Waals surface area (Å²) >= 11 is 0. The number of rotatable bonds is 3. The first-order valence-electron chi connectivity index (χ1n) is 6.50. The van der Waals surface area contributed by atoms with Crippen LogP contribution >= 0.6 is 0 Å². The minimum atomic E-state index is -3.78. The van der Waals surface area contributed by atoms with Crippen molar-refractivity contribution in [2.24, 2.45) is 0 Å². The molecule has 2 fully saturated rings. The third-order valence-electron chi connectivity index (χ3n) is 3.53. The monoisotopic (exact) mass is 324 g/mol. The molecule has 0 radical (unpaired) electrons. The number of fused-ring (bicyclic) bond motifs is 1. The summed E-state index contributed by atoms with van der Waals surface area (Å²) in [5.41, 5.74) is -1.87. The van der Waals surface area contributed by atoms with E-state index in [1.54, 1.807) is 13.8 Å². The summed E-state index contributed by atoms with van der Waals surface area (Å²) in [7, 11) is -2.63. The lowest BCUT2D eigenvalue weighted by molar-refractivity contribution is -0.177. The molecule has 1 saturated heterocycles. The van der Waals surface area contributed by atoms with Crippen molar-refractivity contribution in [1.29, 1.82) is 0 Å². The van der Waals surface area contributed by atoms with Gasteiger partial charge < -0.3 is 19.3 Å². The summed E-state index contributed by atoms with van der Waals surface area (Å²) in [6.45, 7) is 3.33. The van der Waals surface area contributed by atoms with Crippen molar-refractivity contribution < 1.29 is 36.7 Å². The number of hydrogen-bond acceptors (Lipinski definition) is 8. The maximum Gasteiger partial charge on any atom is 0.338 e. The van der Waals surface area contributed by atoms with Crippen molar-refractivity contribution in [2.75, 3.05) is 13.4 Å². The zero-order valence-electron chi connectivity index (χ0n) is 12.4. The maximum absolute atomic E-state index is 11.8. The zero-order valence-corrected chi connectivity index (χ0v) is 13.2. The van der Waals surface area contributed by atoms with Gasteiger partial charge in [-0.3, -0.25) is 4.18 Å². The molecular weight excluding hydrogens is 304 g/mol. The zero-order chi connectivity index (χ0) is 16.1. The Morgan fingerprint density at radius 1 is 1.29 bits per heavy atom. The normalized spacial score (nSPS) is 38.8. The summed E-state index contributed by atoms with van der Waals surface area (Å²) < 4.78 is 43.6. The van der Waals surface area contributed by atoms with Crippen LogP contribution in [0.5, 0.6) is 0 Å². The fraction of sp³-hybridized carbons (Fsp3) is 0.917.